The molecule has 5 rings (SSSR count). The topological polar surface area (TPSA) is 0 Å². The van der Waals surface area contributed by atoms with Crippen LogP contribution in [0.3, 0.4) is 0 Å². The largest absolute Gasteiger partial charge is 0.0966 e. The Morgan fingerprint density at radius 2 is 1.03 bits per heavy atom. The minimum absolute atomic E-state index is 0.774. The van der Waals surface area contributed by atoms with Gasteiger partial charge in [0.15, 0.2) is 0 Å². The van der Waals surface area contributed by atoms with E-state index < -0.39 is 6.04 Å². The van der Waals surface area contributed by atoms with Crippen LogP contribution in [0.5, 0.6) is 0 Å². The van der Waals surface area contributed by atoms with Crippen LogP contribution < -0.4 is 0 Å². The first-order valence-electron chi connectivity index (χ1n) is 13.3. The van der Waals surface area contributed by atoms with Gasteiger partial charge in [0.1, 0.15) is 0 Å². The molecule has 30 heavy (non-hydrogen) atoms. The van der Waals surface area contributed by atoms with E-state index in [1.165, 1.54) is 83.5 Å². The van der Waals surface area contributed by atoms with Gasteiger partial charge in [0.05, 0.1) is 0 Å². The lowest BCUT2D eigenvalue weighted by Gasteiger charge is -2.54. The molecule has 0 bridgehead atoms. The summed E-state index contributed by atoms with van der Waals surface area (Å²) in [5.74, 6) is 5.60. The standard InChI is InChI=1S/C26H43Br2PS/c1-16-12-19-21(14-16)25(10-8-23(19)27)29(30,18-6-4-3-5-7-18)26-11-9-24(28)20-13-17(2)15-22(20)26/h16-26H,3-15H2,1-2H3. The van der Waals surface area contributed by atoms with Crippen LogP contribution >= 0.6 is 37.9 Å². The molecule has 5 aliphatic carbocycles. The molecular weight excluding hydrogens is 535 g/mol. The third-order valence-corrected chi connectivity index (χ3v) is 20.2. The molecule has 0 amide bonds. The van der Waals surface area contributed by atoms with Crippen molar-refractivity contribution in [1.82, 2.24) is 0 Å². The van der Waals surface area contributed by atoms with Gasteiger partial charge in [-0.05, 0) is 123 Å². The van der Waals surface area contributed by atoms with Crippen molar-refractivity contribution in [2.24, 2.45) is 35.5 Å². The Labute approximate surface area is 208 Å². The molecule has 10 atom stereocenters. The fourth-order valence-corrected chi connectivity index (χ4v) is 18.9. The maximum Gasteiger partial charge on any atom is 0.0177 e. The van der Waals surface area contributed by atoms with Crippen LogP contribution in [-0.4, -0.2) is 26.6 Å². The van der Waals surface area contributed by atoms with E-state index in [0.717, 1.165) is 62.1 Å². The minimum Gasteiger partial charge on any atom is -0.0966 e. The molecule has 0 aromatic carbocycles. The highest BCUT2D eigenvalue weighted by Gasteiger charge is 2.56. The number of rotatable bonds is 3. The molecule has 10 unspecified atom stereocenters. The Hall–Kier alpha value is 1.61. The zero-order valence-corrected chi connectivity index (χ0v) is 24.0. The third kappa shape index (κ3) is 4.02. The van der Waals surface area contributed by atoms with Crippen LogP contribution in [0.2, 0.25) is 0 Å². The Balaban J connectivity index is 1.52. The Bertz CT molecular complexity index is 617. The average molecular weight is 578 g/mol. The number of alkyl halides is 2. The summed E-state index contributed by atoms with van der Waals surface area (Å²) in [5.41, 5.74) is 2.78. The molecule has 0 heterocycles. The fraction of sp³-hybridized carbons (Fsp3) is 1.00. The zero-order valence-electron chi connectivity index (χ0n) is 19.2. The Morgan fingerprint density at radius 3 is 1.50 bits per heavy atom. The molecule has 0 N–H and O–H groups in total. The summed E-state index contributed by atoms with van der Waals surface area (Å²) in [7, 11) is 0. The lowest BCUT2D eigenvalue weighted by atomic mass is 9.80. The maximum atomic E-state index is 7.24. The average Bonchev–Trinajstić information content (AvgIpc) is 3.32. The van der Waals surface area contributed by atoms with Gasteiger partial charge in [-0.25, -0.2) is 0 Å². The van der Waals surface area contributed by atoms with Crippen molar-refractivity contribution >= 4 is 49.7 Å². The van der Waals surface area contributed by atoms with E-state index in [2.05, 4.69) is 45.7 Å². The zero-order chi connectivity index (χ0) is 21.0. The molecule has 0 radical (unpaired) electrons. The van der Waals surface area contributed by atoms with Crippen molar-refractivity contribution in [1.29, 1.82) is 0 Å². The van der Waals surface area contributed by atoms with Crippen LogP contribution in [0.25, 0.3) is 0 Å². The SMILES string of the molecule is CC1CC2C(Br)CCC(P(=S)(C3CCCCC3)C3CCC(Br)C4CC(C)CC43)C2C1. The van der Waals surface area contributed by atoms with Crippen molar-refractivity contribution in [3.05, 3.63) is 0 Å². The van der Waals surface area contributed by atoms with Gasteiger partial charge in [-0.3, -0.25) is 0 Å². The number of hydrogen-bond donors (Lipinski definition) is 0. The van der Waals surface area contributed by atoms with E-state index in [4.69, 9.17) is 11.8 Å². The second kappa shape index (κ2) is 9.34. The van der Waals surface area contributed by atoms with E-state index >= 15 is 0 Å². The van der Waals surface area contributed by atoms with E-state index in [1.54, 1.807) is 0 Å². The van der Waals surface area contributed by atoms with Crippen LogP contribution in [0.15, 0.2) is 0 Å². The number of hydrogen-bond acceptors (Lipinski definition) is 1. The van der Waals surface area contributed by atoms with Crippen molar-refractivity contribution in [3.63, 3.8) is 0 Å². The maximum absolute atomic E-state index is 7.24. The van der Waals surface area contributed by atoms with Crippen LogP contribution in [0, 0.1) is 35.5 Å². The first-order valence-corrected chi connectivity index (χ1v) is 18.1. The van der Waals surface area contributed by atoms with Crippen molar-refractivity contribution < 1.29 is 0 Å². The normalized spacial score (nSPS) is 51.9. The van der Waals surface area contributed by atoms with E-state index in [1.807, 2.05) is 0 Å². The van der Waals surface area contributed by atoms with Gasteiger partial charge in [-0.15, -0.1) is 0 Å². The molecule has 0 aromatic rings. The monoisotopic (exact) mass is 576 g/mol. The third-order valence-electron chi connectivity index (χ3n) is 10.4. The molecule has 0 nitrogen and oxygen atoms in total. The van der Waals surface area contributed by atoms with E-state index in [0.29, 0.717) is 0 Å². The quantitative estimate of drug-likeness (QED) is 0.238. The van der Waals surface area contributed by atoms with Gasteiger partial charge in [0.2, 0.25) is 0 Å². The second-order valence-corrected chi connectivity index (χ2v) is 20.0. The second-order valence-electron chi connectivity index (χ2n) is 12.2. The Kier molecular flexibility index (Phi) is 7.27. The number of fused-ring (bicyclic) bond motifs is 2. The predicted molar refractivity (Wildman–Crippen MR) is 143 cm³/mol. The van der Waals surface area contributed by atoms with Gasteiger partial charge >= 0.3 is 0 Å². The first-order chi connectivity index (χ1) is 14.4. The smallest absolute Gasteiger partial charge is 0.0177 e. The molecule has 0 aliphatic heterocycles. The molecule has 5 aliphatic rings. The highest BCUT2D eigenvalue weighted by molar-refractivity contribution is 9.09. The van der Waals surface area contributed by atoms with E-state index in [9.17, 15) is 0 Å². The molecule has 0 aromatic heterocycles. The molecule has 4 heteroatoms. The van der Waals surface area contributed by atoms with Gasteiger partial charge in [0.25, 0.3) is 0 Å². The molecule has 0 saturated heterocycles. The molecule has 172 valence electrons. The van der Waals surface area contributed by atoms with Gasteiger partial charge < -0.3 is 0 Å². The van der Waals surface area contributed by atoms with Crippen LogP contribution in [0.4, 0.5) is 0 Å². The lowest BCUT2D eigenvalue weighted by Crippen LogP contribution is -2.44. The van der Waals surface area contributed by atoms with Crippen molar-refractivity contribution in [3.8, 4) is 0 Å². The molecule has 0 spiro atoms. The fourth-order valence-electron chi connectivity index (χ4n) is 9.26. The molecular formula is C26H43Br2PS. The molecule has 5 saturated carbocycles. The summed E-state index contributed by atoms with van der Waals surface area (Å²) in [6.07, 6.45) is 19.0. The van der Waals surface area contributed by atoms with Crippen molar-refractivity contribution in [2.75, 3.05) is 0 Å². The van der Waals surface area contributed by atoms with Crippen LogP contribution in [-0.2, 0) is 11.8 Å². The molecule has 5 fully saturated rings. The van der Waals surface area contributed by atoms with Crippen LogP contribution in [0.1, 0.15) is 97.3 Å². The Morgan fingerprint density at radius 1 is 0.600 bits per heavy atom. The first kappa shape index (κ1) is 23.4. The van der Waals surface area contributed by atoms with Gasteiger partial charge in [-0.1, -0.05) is 76.8 Å². The lowest BCUT2D eigenvalue weighted by molar-refractivity contribution is 0.273. The highest BCUT2D eigenvalue weighted by atomic mass is 79.9. The summed E-state index contributed by atoms with van der Waals surface area (Å²) in [6, 6.07) is -1.40. The summed E-state index contributed by atoms with van der Waals surface area (Å²) in [4.78, 5) is 1.55. The van der Waals surface area contributed by atoms with Crippen molar-refractivity contribution in [2.45, 2.75) is 124 Å². The highest BCUT2D eigenvalue weighted by Crippen LogP contribution is 2.74. The summed E-state index contributed by atoms with van der Waals surface area (Å²) in [5, 5.41) is 0. The van der Waals surface area contributed by atoms with Gasteiger partial charge in [0, 0.05) is 9.65 Å². The van der Waals surface area contributed by atoms with E-state index in [-0.39, 0.29) is 0 Å². The summed E-state index contributed by atoms with van der Waals surface area (Å²) in [6.45, 7) is 5.06. The predicted octanol–water partition coefficient (Wildman–Crippen LogP) is 8.98. The minimum atomic E-state index is -1.40. The van der Waals surface area contributed by atoms with Gasteiger partial charge in [-0.2, -0.15) is 0 Å². The number of halogens is 2. The summed E-state index contributed by atoms with van der Waals surface area (Å²) < 4.78 is 0. The summed E-state index contributed by atoms with van der Waals surface area (Å²) >= 11 is 15.5.